The summed E-state index contributed by atoms with van der Waals surface area (Å²) < 4.78 is 0. The predicted molar refractivity (Wildman–Crippen MR) is 87.7 cm³/mol. The minimum absolute atomic E-state index is 0.201. The first-order valence-corrected chi connectivity index (χ1v) is 7.74. The molecule has 0 spiro atoms. The summed E-state index contributed by atoms with van der Waals surface area (Å²) in [6, 6.07) is 0.292. The average molecular weight is 304 g/mol. The maximum Gasteiger partial charge on any atom is 0.339 e. The number of nitrogens with one attached hydrogen (secondary N) is 1. The molecule has 2 rings (SSSR count). The van der Waals surface area contributed by atoms with Gasteiger partial charge in [-0.05, 0) is 25.7 Å². The van der Waals surface area contributed by atoms with Crippen LogP contribution in [0.3, 0.4) is 0 Å². The molecule has 0 aromatic heterocycles. The third-order valence-electron chi connectivity index (χ3n) is 4.25. The van der Waals surface area contributed by atoms with E-state index in [9.17, 15) is 9.90 Å². The number of carboxylic acids is 1. The molecule has 0 radical (unpaired) electrons. The molecule has 2 aliphatic rings. The number of aliphatic imine (C=N–C) groups is 1. The van der Waals surface area contributed by atoms with Gasteiger partial charge < -0.3 is 10.4 Å². The quantitative estimate of drug-likeness (QED) is 0.617. The van der Waals surface area contributed by atoms with Crippen LogP contribution in [0.2, 0.25) is 0 Å². The van der Waals surface area contributed by atoms with Crippen molar-refractivity contribution in [1.29, 1.82) is 0 Å². The second-order valence-electron chi connectivity index (χ2n) is 5.74. The molecule has 6 heteroatoms. The van der Waals surface area contributed by atoms with Crippen molar-refractivity contribution >= 4 is 18.5 Å². The zero-order valence-corrected chi connectivity index (χ0v) is 13.4. The van der Waals surface area contributed by atoms with Crippen molar-refractivity contribution < 1.29 is 9.90 Å². The van der Waals surface area contributed by atoms with Gasteiger partial charge >= 0.3 is 5.97 Å². The molecule has 0 amide bonds. The van der Waals surface area contributed by atoms with Crippen LogP contribution < -0.4 is 5.32 Å². The van der Waals surface area contributed by atoms with Gasteiger partial charge in [0.05, 0.1) is 17.6 Å². The highest BCUT2D eigenvalue weighted by atomic mass is 16.4. The van der Waals surface area contributed by atoms with Gasteiger partial charge in [0.15, 0.2) is 0 Å². The first-order chi connectivity index (χ1) is 10.6. The lowest BCUT2D eigenvalue weighted by Crippen LogP contribution is -2.41. The first-order valence-electron chi connectivity index (χ1n) is 7.74. The molecule has 0 saturated heterocycles. The van der Waals surface area contributed by atoms with Crippen LogP contribution in [0.25, 0.3) is 0 Å². The summed E-state index contributed by atoms with van der Waals surface area (Å²) in [5.41, 5.74) is 1.55. The molecule has 1 aliphatic carbocycles. The smallest absolute Gasteiger partial charge is 0.339 e. The molecule has 0 aromatic rings. The van der Waals surface area contributed by atoms with E-state index in [1.54, 1.807) is 18.4 Å². The van der Waals surface area contributed by atoms with Gasteiger partial charge in [0.25, 0.3) is 0 Å². The van der Waals surface area contributed by atoms with E-state index < -0.39 is 5.97 Å². The third-order valence-corrected chi connectivity index (χ3v) is 4.25. The van der Waals surface area contributed by atoms with Gasteiger partial charge in [-0.3, -0.25) is 4.99 Å². The maximum absolute atomic E-state index is 11.5. The minimum atomic E-state index is -0.970. The van der Waals surface area contributed by atoms with E-state index in [0.717, 1.165) is 12.1 Å². The van der Waals surface area contributed by atoms with E-state index >= 15 is 0 Å². The summed E-state index contributed by atoms with van der Waals surface area (Å²) in [7, 11) is 1.66. The van der Waals surface area contributed by atoms with Crippen LogP contribution in [-0.4, -0.2) is 41.7 Å². The van der Waals surface area contributed by atoms with Crippen LogP contribution >= 0.6 is 0 Å². The standard InChI is InChI=1S/C16H24N4O2/c1-4-14-15(19-13-8-6-5-7-11(13)2)12(16(21)22)9-18-20(14)10-17-3/h4,9-11,13,19H,5-8H2,1-3H3,(H,21,22)/b14-4?,17-10-. The highest BCUT2D eigenvalue weighted by molar-refractivity contribution is 6.10. The molecular weight excluding hydrogens is 280 g/mol. The lowest BCUT2D eigenvalue weighted by Gasteiger charge is -2.34. The van der Waals surface area contributed by atoms with E-state index in [0.29, 0.717) is 17.7 Å². The molecule has 2 N–H and O–H groups in total. The van der Waals surface area contributed by atoms with Crippen LogP contribution in [0.4, 0.5) is 0 Å². The summed E-state index contributed by atoms with van der Waals surface area (Å²) in [6.07, 6.45) is 9.48. The Morgan fingerprint density at radius 1 is 1.50 bits per heavy atom. The highest BCUT2D eigenvalue weighted by Gasteiger charge is 2.28. The van der Waals surface area contributed by atoms with E-state index in [1.807, 2.05) is 13.0 Å². The molecule has 1 heterocycles. The highest BCUT2D eigenvalue weighted by Crippen LogP contribution is 2.28. The van der Waals surface area contributed by atoms with Gasteiger partial charge in [0.2, 0.25) is 0 Å². The molecule has 0 bridgehead atoms. The molecule has 6 nitrogen and oxygen atoms in total. The number of allylic oxidation sites excluding steroid dienone is 1. The number of hydrogen-bond donors (Lipinski definition) is 2. The fourth-order valence-corrected chi connectivity index (χ4v) is 3.01. The maximum atomic E-state index is 11.5. The molecule has 1 aliphatic heterocycles. The van der Waals surface area contributed by atoms with Crippen molar-refractivity contribution in [2.24, 2.45) is 16.0 Å². The average Bonchev–Trinajstić information content (AvgIpc) is 2.50. The lowest BCUT2D eigenvalue weighted by atomic mass is 9.85. The molecule has 1 saturated carbocycles. The van der Waals surface area contributed by atoms with E-state index in [2.05, 4.69) is 22.3 Å². The van der Waals surface area contributed by atoms with Crippen LogP contribution in [0, 0.1) is 5.92 Å². The van der Waals surface area contributed by atoms with Crippen LogP contribution in [0.15, 0.2) is 33.1 Å². The van der Waals surface area contributed by atoms with Gasteiger partial charge in [0.1, 0.15) is 11.9 Å². The molecule has 22 heavy (non-hydrogen) atoms. The third kappa shape index (κ3) is 3.37. The minimum Gasteiger partial charge on any atom is -0.478 e. The van der Waals surface area contributed by atoms with E-state index in [-0.39, 0.29) is 5.57 Å². The number of hydrogen-bond acceptors (Lipinski definition) is 4. The number of carboxylic acid groups (broad SMARTS) is 1. The zero-order valence-electron chi connectivity index (χ0n) is 13.4. The normalized spacial score (nSPS) is 27.8. The van der Waals surface area contributed by atoms with Gasteiger partial charge in [-0.25, -0.2) is 9.80 Å². The fourth-order valence-electron chi connectivity index (χ4n) is 3.01. The van der Waals surface area contributed by atoms with Gasteiger partial charge in [-0.2, -0.15) is 5.10 Å². The molecule has 1 fully saturated rings. The number of hydrazone groups is 1. The van der Waals surface area contributed by atoms with Crippen molar-refractivity contribution in [2.45, 2.75) is 45.6 Å². The number of nitrogens with zero attached hydrogens (tertiary/aromatic N) is 3. The Kier molecular flexibility index (Phi) is 5.35. The summed E-state index contributed by atoms with van der Waals surface area (Å²) >= 11 is 0. The molecule has 0 aromatic carbocycles. The van der Waals surface area contributed by atoms with Crippen molar-refractivity contribution in [2.75, 3.05) is 7.05 Å². The molecule has 120 valence electrons. The van der Waals surface area contributed by atoms with Gasteiger partial charge in [-0.15, -0.1) is 0 Å². The predicted octanol–water partition coefficient (Wildman–Crippen LogP) is 2.36. The van der Waals surface area contributed by atoms with Crippen molar-refractivity contribution in [1.82, 2.24) is 10.3 Å². The van der Waals surface area contributed by atoms with Gasteiger partial charge in [-0.1, -0.05) is 25.8 Å². The van der Waals surface area contributed by atoms with Crippen molar-refractivity contribution in [3.63, 3.8) is 0 Å². The Bertz CT molecular complexity index is 548. The number of aliphatic carboxylic acids is 1. The van der Waals surface area contributed by atoms with Crippen LogP contribution in [-0.2, 0) is 4.79 Å². The SMILES string of the molecule is CC=C1C(NC2CCCCC2C)=C(C(=O)O)C=NN1/C=N\C. The summed E-state index contributed by atoms with van der Waals surface area (Å²) in [5.74, 6) is -0.441. The second kappa shape index (κ2) is 7.24. The topological polar surface area (TPSA) is 77.3 Å². The summed E-state index contributed by atoms with van der Waals surface area (Å²) in [4.78, 5) is 15.5. The van der Waals surface area contributed by atoms with Crippen molar-refractivity contribution in [3.8, 4) is 0 Å². The largest absolute Gasteiger partial charge is 0.478 e. The number of carbonyl (C=O) groups is 1. The van der Waals surface area contributed by atoms with E-state index in [1.165, 1.54) is 25.5 Å². The fraction of sp³-hybridized carbons (Fsp3) is 0.562. The Labute approximate surface area is 131 Å². The molecular formula is C16H24N4O2. The zero-order chi connectivity index (χ0) is 16.1. The molecule has 2 unspecified atom stereocenters. The first kappa shape index (κ1) is 16.3. The Hall–Kier alpha value is -2.11. The van der Waals surface area contributed by atoms with Crippen LogP contribution in [0.1, 0.15) is 39.5 Å². The monoisotopic (exact) mass is 304 g/mol. The molecule has 2 atom stereocenters. The van der Waals surface area contributed by atoms with Crippen molar-refractivity contribution in [3.05, 3.63) is 23.0 Å². The second-order valence-corrected chi connectivity index (χ2v) is 5.74. The lowest BCUT2D eigenvalue weighted by molar-refractivity contribution is -0.132. The van der Waals surface area contributed by atoms with E-state index in [4.69, 9.17) is 0 Å². The van der Waals surface area contributed by atoms with Gasteiger partial charge in [0, 0.05) is 13.1 Å². The number of rotatable bonds is 4. The summed E-state index contributed by atoms with van der Waals surface area (Å²) in [6.45, 7) is 4.09. The van der Waals surface area contributed by atoms with Crippen LogP contribution in [0.5, 0.6) is 0 Å². The Balaban J connectivity index is 2.35. The Morgan fingerprint density at radius 2 is 2.23 bits per heavy atom. The summed E-state index contributed by atoms with van der Waals surface area (Å²) in [5, 5.41) is 18.7. The Morgan fingerprint density at radius 3 is 2.82 bits per heavy atom.